The van der Waals surface area contributed by atoms with Gasteiger partial charge in [0.1, 0.15) is 0 Å². The molecule has 4 nitrogen and oxygen atoms in total. The number of hydrogen-bond donors (Lipinski definition) is 2. The summed E-state index contributed by atoms with van der Waals surface area (Å²) in [5.74, 6) is -0.737. The first-order valence-corrected chi connectivity index (χ1v) is 10.2. The van der Waals surface area contributed by atoms with Crippen LogP contribution in [0.1, 0.15) is 42.9 Å². The van der Waals surface area contributed by atoms with Gasteiger partial charge in [0.05, 0.1) is 4.99 Å². The van der Waals surface area contributed by atoms with Gasteiger partial charge in [0.25, 0.3) is 0 Å². The van der Waals surface area contributed by atoms with Gasteiger partial charge in [0.15, 0.2) is 6.10 Å². The zero-order valence-corrected chi connectivity index (χ0v) is 17.4. The first kappa shape index (κ1) is 22.1. The maximum Gasteiger partial charge on any atom is 0.333 e. The monoisotopic (exact) mass is 399 g/mol. The van der Waals surface area contributed by atoms with Crippen molar-refractivity contribution in [3.63, 3.8) is 0 Å². The summed E-state index contributed by atoms with van der Waals surface area (Å²) in [5.41, 5.74) is 3.41. The summed E-state index contributed by atoms with van der Waals surface area (Å²) in [6.45, 7) is 5.07. The van der Waals surface area contributed by atoms with Crippen LogP contribution in [0, 0.1) is 0 Å². The summed E-state index contributed by atoms with van der Waals surface area (Å²) in [6.07, 6.45) is 1.40. The summed E-state index contributed by atoms with van der Waals surface area (Å²) < 4.78 is 5.29. The first-order valence-electron chi connectivity index (χ1n) is 9.80. The van der Waals surface area contributed by atoms with E-state index in [-0.39, 0.29) is 5.92 Å². The van der Waals surface area contributed by atoms with Gasteiger partial charge in [0, 0.05) is 25.5 Å². The van der Waals surface area contributed by atoms with Crippen molar-refractivity contribution >= 4 is 23.2 Å². The van der Waals surface area contributed by atoms with Crippen LogP contribution >= 0.6 is 12.2 Å². The van der Waals surface area contributed by atoms with E-state index in [2.05, 4.69) is 36.5 Å². The van der Waals surface area contributed by atoms with Crippen LogP contribution in [-0.2, 0) is 22.4 Å². The van der Waals surface area contributed by atoms with Crippen LogP contribution in [0.3, 0.4) is 0 Å². The number of aliphatic carboxylic acids is 1. The summed E-state index contributed by atoms with van der Waals surface area (Å²) >= 11 is 5.61. The molecule has 0 saturated carbocycles. The fourth-order valence-corrected chi connectivity index (χ4v) is 3.62. The second-order valence-corrected chi connectivity index (χ2v) is 7.14. The summed E-state index contributed by atoms with van der Waals surface area (Å²) in [6, 6.07) is 18.5. The fraction of sp³-hybridized carbons (Fsp3) is 0.391. The molecule has 0 radical (unpaired) electrons. The predicted octanol–water partition coefficient (Wildman–Crippen LogP) is 4.37. The van der Waals surface area contributed by atoms with Crippen LogP contribution in [-0.4, -0.2) is 35.3 Å². The van der Waals surface area contributed by atoms with Crippen LogP contribution in [0.2, 0.25) is 0 Å². The highest BCUT2D eigenvalue weighted by molar-refractivity contribution is 7.80. The lowest BCUT2D eigenvalue weighted by Gasteiger charge is -2.19. The molecule has 150 valence electrons. The zero-order valence-electron chi connectivity index (χ0n) is 16.6. The van der Waals surface area contributed by atoms with Crippen molar-refractivity contribution in [2.75, 3.05) is 13.2 Å². The van der Waals surface area contributed by atoms with E-state index in [1.54, 1.807) is 6.92 Å². The van der Waals surface area contributed by atoms with Crippen molar-refractivity contribution in [3.8, 4) is 0 Å². The number of hydrogen-bond acceptors (Lipinski definition) is 3. The second kappa shape index (κ2) is 11.6. The van der Waals surface area contributed by atoms with E-state index in [4.69, 9.17) is 17.0 Å². The molecule has 0 amide bonds. The Morgan fingerprint density at radius 1 is 1.07 bits per heavy atom. The lowest BCUT2D eigenvalue weighted by Crippen LogP contribution is -2.27. The minimum absolute atomic E-state index is 0.185. The summed E-state index contributed by atoms with van der Waals surface area (Å²) in [5, 5.41) is 12.5. The molecule has 5 heteroatoms. The molecule has 2 aromatic carbocycles. The normalized spacial score (nSPS) is 12.9. The number of likely N-dealkylation sites (N-methyl/N-ethyl adjacent to an activating group) is 1. The number of benzene rings is 2. The van der Waals surface area contributed by atoms with Gasteiger partial charge in [-0.1, -0.05) is 66.8 Å². The Kier molecular flexibility index (Phi) is 9.11. The fourth-order valence-electron chi connectivity index (χ4n) is 3.22. The van der Waals surface area contributed by atoms with E-state index >= 15 is 0 Å². The molecule has 0 spiro atoms. The van der Waals surface area contributed by atoms with Crippen LogP contribution < -0.4 is 5.32 Å². The largest absolute Gasteiger partial charge is 0.479 e. The van der Waals surface area contributed by atoms with Gasteiger partial charge in [0.2, 0.25) is 0 Å². The number of carboxylic acids is 1. The molecule has 2 aromatic rings. The van der Waals surface area contributed by atoms with Gasteiger partial charge in [-0.3, -0.25) is 0 Å². The number of aryl methyl sites for hydroxylation is 1. The van der Waals surface area contributed by atoms with Crippen LogP contribution in [0.25, 0.3) is 0 Å². The topological polar surface area (TPSA) is 58.6 Å². The van der Waals surface area contributed by atoms with Crippen molar-refractivity contribution in [2.45, 2.75) is 45.1 Å². The number of carbonyl (C=O) groups is 1. The van der Waals surface area contributed by atoms with Crippen LogP contribution in [0.4, 0.5) is 0 Å². The standard InChI is InChI=1S/C23H29NO3S/c1-3-24-22(28)20(19-8-6-5-7-9-19)15-14-17-10-12-18(13-11-17)16-21(23(25)26)27-4-2/h5-13,20-21H,3-4,14-16H2,1-2H3,(H,24,28)(H,25,26)/t20-,21+/m1/s1. The quantitative estimate of drug-likeness (QED) is 0.550. The van der Waals surface area contributed by atoms with Crippen molar-refractivity contribution < 1.29 is 14.6 Å². The molecule has 0 aromatic heterocycles. The minimum atomic E-state index is -0.923. The Labute approximate surface area is 172 Å². The molecule has 0 heterocycles. The van der Waals surface area contributed by atoms with E-state index in [1.165, 1.54) is 11.1 Å². The Morgan fingerprint density at radius 3 is 2.29 bits per heavy atom. The highest BCUT2D eigenvalue weighted by Crippen LogP contribution is 2.23. The van der Waals surface area contributed by atoms with E-state index < -0.39 is 12.1 Å². The van der Waals surface area contributed by atoms with Gasteiger partial charge in [-0.15, -0.1) is 0 Å². The molecular weight excluding hydrogens is 370 g/mol. The molecule has 0 aliphatic rings. The third-order valence-corrected chi connectivity index (χ3v) is 5.11. The van der Waals surface area contributed by atoms with Crippen molar-refractivity contribution in [2.24, 2.45) is 0 Å². The lowest BCUT2D eigenvalue weighted by molar-refractivity contribution is -0.149. The molecule has 0 aliphatic carbocycles. The Hall–Kier alpha value is -2.24. The predicted molar refractivity (Wildman–Crippen MR) is 117 cm³/mol. The minimum Gasteiger partial charge on any atom is -0.479 e. The molecule has 2 rings (SSSR count). The molecule has 0 unspecified atom stereocenters. The summed E-state index contributed by atoms with van der Waals surface area (Å²) in [4.78, 5) is 12.1. The smallest absolute Gasteiger partial charge is 0.333 e. The van der Waals surface area contributed by atoms with Gasteiger partial charge in [-0.25, -0.2) is 4.79 Å². The summed E-state index contributed by atoms with van der Waals surface area (Å²) in [7, 11) is 0. The Bertz CT molecular complexity index is 746. The number of carboxylic acid groups (broad SMARTS) is 1. The number of ether oxygens (including phenoxy) is 1. The lowest BCUT2D eigenvalue weighted by atomic mass is 9.91. The molecular formula is C23H29NO3S. The Balaban J connectivity index is 2.01. The van der Waals surface area contributed by atoms with E-state index in [0.29, 0.717) is 13.0 Å². The SMILES string of the molecule is CCNC(=S)[C@H](CCc1ccc(C[C@H](OCC)C(=O)O)cc1)c1ccccc1. The number of rotatable bonds is 11. The van der Waals surface area contributed by atoms with Crippen molar-refractivity contribution in [3.05, 3.63) is 71.3 Å². The zero-order chi connectivity index (χ0) is 20.4. The average Bonchev–Trinajstić information content (AvgIpc) is 2.70. The first-order chi connectivity index (χ1) is 13.5. The molecule has 0 aliphatic heterocycles. The molecule has 0 saturated heterocycles. The van der Waals surface area contributed by atoms with Crippen molar-refractivity contribution in [1.29, 1.82) is 0 Å². The number of thiocarbonyl (C=S) groups is 1. The molecule has 0 bridgehead atoms. The molecule has 2 N–H and O–H groups in total. The Morgan fingerprint density at radius 2 is 1.71 bits per heavy atom. The maximum atomic E-state index is 11.2. The van der Waals surface area contributed by atoms with Gasteiger partial charge in [-0.05, 0) is 43.4 Å². The van der Waals surface area contributed by atoms with Crippen LogP contribution in [0.5, 0.6) is 0 Å². The van der Waals surface area contributed by atoms with Gasteiger partial charge >= 0.3 is 5.97 Å². The van der Waals surface area contributed by atoms with E-state index in [1.807, 2.05) is 30.3 Å². The van der Waals surface area contributed by atoms with E-state index in [0.717, 1.165) is 29.9 Å². The third-order valence-electron chi connectivity index (χ3n) is 4.68. The molecule has 2 atom stereocenters. The van der Waals surface area contributed by atoms with Gasteiger partial charge < -0.3 is 15.2 Å². The highest BCUT2D eigenvalue weighted by Gasteiger charge is 2.18. The van der Waals surface area contributed by atoms with Crippen LogP contribution in [0.15, 0.2) is 54.6 Å². The third kappa shape index (κ3) is 6.73. The second-order valence-electron chi connectivity index (χ2n) is 6.70. The molecule has 0 fully saturated rings. The maximum absolute atomic E-state index is 11.2. The van der Waals surface area contributed by atoms with E-state index in [9.17, 15) is 9.90 Å². The average molecular weight is 400 g/mol. The van der Waals surface area contributed by atoms with Gasteiger partial charge in [-0.2, -0.15) is 0 Å². The number of nitrogens with one attached hydrogen (secondary N) is 1. The highest BCUT2D eigenvalue weighted by atomic mass is 32.1. The molecule has 28 heavy (non-hydrogen) atoms. The van der Waals surface area contributed by atoms with Crippen molar-refractivity contribution in [1.82, 2.24) is 5.32 Å².